The van der Waals surface area contributed by atoms with E-state index < -0.39 is 0 Å². The second-order valence-corrected chi connectivity index (χ2v) is 9.79. The topological polar surface area (TPSA) is 43.4 Å². The van der Waals surface area contributed by atoms with E-state index in [9.17, 15) is 9.59 Å². The molecule has 25 heavy (non-hydrogen) atoms. The van der Waals surface area contributed by atoms with E-state index >= 15 is 0 Å². The number of Topliss-reactive ketones (excluding diaryl/α,β-unsaturated/α-hetero) is 1. The van der Waals surface area contributed by atoms with Gasteiger partial charge in [0.15, 0.2) is 0 Å². The number of halogens is 1. The van der Waals surface area contributed by atoms with Crippen molar-refractivity contribution in [2.75, 3.05) is 4.43 Å². The predicted octanol–water partition coefficient (Wildman–Crippen LogP) is 4.87. The Morgan fingerprint density at radius 1 is 1.28 bits per heavy atom. The maximum Gasteiger partial charge on any atom is 0.302 e. The molecule has 138 valence electrons. The zero-order valence-electron chi connectivity index (χ0n) is 15.4. The van der Waals surface area contributed by atoms with Crippen LogP contribution in [0.4, 0.5) is 0 Å². The van der Waals surface area contributed by atoms with Gasteiger partial charge in [-0.2, -0.15) is 0 Å². The monoisotopic (exact) mass is 456 g/mol. The van der Waals surface area contributed by atoms with Crippen LogP contribution in [-0.4, -0.2) is 22.3 Å². The minimum absolute atomic E-state index is 0.0477. The summed E-state index contributed by atoms with van der Waals surface area (Å²) in [5.74, 6) is 2.34. The van der Waals surface area contributed by atoms with Gasteiger partial charge in [0.05, 0.1) is 0 Å². The first-order chi connectivity index (χ1) is 11.9. The molecule has 0 spiro atoms. The molecule has 3 nitrogen and oxygen atoms in total. The molecule has 0 amide bonds. The first-order valence-corrected chi connectivity index (χ1v) is 11.4. The highest BCUT2D eigenvalue weighted by molar-refractivity contribution is 14.1. The summed E-state index contributed by atoms with van der Waals surface area (Å²) in [5, 5.41) is 0. The molecule has 0 aromatic rings. The van der Waals surface area contributed by atoms with Crippen LogP contribution in [0.2, 0.25) is 0 Å². The fourth-order valence-electron chi connectivity index (χ4n) is 6.78. The van der Waals surface area contributed by atoms with Crippen molar-refractivity contribution >= 4 is 34.3 Å². The average molecular weight is 456 g/mol. The largest absolute Gasteiger partial charge is 0.462 e. The molecule has 4 rings (SSSR count). The molecule has 4 aliphatic carbocycles. The zero-order chi connectivity index (χ0) is 17.8. The predicted molar refractivity (Wildman–Crippen MR) is 105 cm³/mol. The standard InChI is InChI=1S/C21H29IO3/c1-13(23)25-15-7-10-21(12-22)14(11-15)3-4-16-17-5-6-19(24)20(17,2)9-8-18(16)21/h3,15-18H,4-12H2,1-2H3. The van der Waals surface area contributed by atoms with E-state index in [1.54, 1.807) is 5.57 Å². The molecule has 0 N–H and O–H groups in total. The summed E-state index contributed by atoms with van der Waals surface area (Å²) in [5.41, 5.74) is 1.79. The highest BCUT2D eigenvalue weighted by atomic mass is 127. The molecule has 0 aromatic carbocycles. The van der Waals surface area contributed by atoms with Gasteiger partial charge in [-0.3, -0.25) is 9.59 Å². The zero-order valence-corrected chi connectivity index (χ0v) is 17.5. The molecule has 0 radical (unpaired) electrons. The minimum Gasteiger partial charge on any atom is -0.462 e. The molecule has 6 atom stereocenters. The van der Waals surface area contributed by atoms with Crippen LogP contribution < -0.4 is 0 Å². The Hall–Kier alpha value is -0.390. The van der Waals surface area contributed by atoms with Gasteiger partial charge in [-0.25, -0.2) is 0 Å². The van der Waals surface area contributed by atoms with Crippen LogP contribution in [0.1, 0.15) is 65.2 Å². The molecule has 0 aliphatic heterocycles. The van der Waals surface area contributed by atoms with Gasteiger partial charge in [0.1, 0.15) is 11.9 Å². The third kappa shape index (κ3) is 2.64. The Balaban J connectivity index is 1.63. The van der Waals surface area contributed by atoms with Crippen molar-refractivity contribution in [3.8, 4) is 0 Å². The maximum absolute atomic E-state index is 12.5. The number of ketones is 1. The molecule has 6 unspecified atom stereocenters. The highest BCUT2D eigenvalue weighted by Gasteiger charge is 2.59. The number of alkyl halides is 1. The van der Waals surface area contributed by atoms with E-state index in [1.807, 2.05) is 0 Å². The molecule has 0 aromatic heterocycles. The van der Waals surface area contributed by atoms with Gasteiger partial charge in [-0.05, 0) is 56.3 Å². The van der Waals surface area contributed by atoms with Crippen LogP contribution in [0.15, 0.2) is 11.6 Å². The SMILES string of the molecule is CC(=O)OC1CCC2(CI)C(=CCC3C4CCC(=O)C4(C)CCC32)C1. The van der Waals surface area contributed by atoms with Crippen molar-refractivity contribution in [1.29, 1.82) is 0 Å². The Morgan fingerprint density at radius 2 is 2.08 bits per heavy atom. The van der Waals surface area contributed by atoms with Crippen LogP contribution in [0.5, 0.6) is 0 Å². The van der Waals surface area contributed by atoms with E-state index in [0.717, 1.165) is 49.4 Å². The molecule has 0 bridgehead atoms. The Morgan fingerprint density at radius 3 is 2.80 bits per heavy atom. The number of carbonyl (C=O) groups is 2. The van der Waals surface area contributed by atoms with Gasteiger partial charge in [-0.15, -0.1) is 0 Å². The Bertz CT molecular complexity index is 627. The van der Waals surface area contributed by atoms with Crippen LogP contribution in [0, 0.1) is 28.6 Å². The van der Waals surface area contributed by atoms with Crippen molar-refractivity contribution in [3.63, 3.8) is 0 Å². The summed E-state index contributed by atoms with van der Waals surface area (Å²) < 4.78 is 6.69. The van der Waals surface area contributed by atoms with Crippen molar-refractivity contribution in [1.82, 2.24) is 0 Å². The number of allylic oxidation sites excluding steroid dienone is 1. The number of hydrogen-bond acceptors (Lipinski definition) is 3. The van der Waals surface area contributed by atoms with Crippen LogP contribution >= 0.6 is 22.6 Å². The number of rotatable bonds is 2. The number of esters is 1. The minimum atomic E-state index is -0.154. The van der Waals surface area contributed by atoms with Gasteiger partial charge in [0.2, 0.25) is 0 Å². The van der Waals surface area contributed by atoms with Crippen LogP contribution in [0.25, 0.3) is 0 Å². The lowest BCUT2D eigenvalue weighted by atomic mass is 9.48. The van der Waals surface area contributed by atoms with E-state index in [0.29, 0.717) is 23.5 Å². The third-order valence-corrected chi connectivity index (χ3v) is 9.42. The Labute approximate surface area is 164 Å². The van der Waals surface area contributed by atoms with Gasteiger partial charge in [0.25, 0.3) is 0 Å². The summed E-state index contributed by atoms with van der Waals surface area (Å²) in [6.07, 6.45) is 10.9. The number of hydrogen-bond donors (Lipinski definition) is 0. The van der Waals surface area contributed by atoms with E-state index in [-0.39, 0.29) is 22.9 Å². The van der Waals surface area contributed by atoms with Gasteiger partial charge in [-0.1, -0.05) is 41.2 Å². The third-order valence-electron chi connectivity index (χ3n) is 8.06. The Kier molecular flexibility index (Phi) is 4.57. The molecule has 4 aliphatic rings. The molecular weight excluding hydrogens is 427 g/mol. The number of fused-ring (bicyclic) bond motifs is 5. The van der Waals surface area contributed by atoms with Crippen LogP contribution in [-0.2, 0) is 14.3 Å². The second kappa shape index (κ2) is 6.35. The van der Waals surface area contributed by atoms with Crippen molar-refractivity contribution in [2.24, 2.45) is 28.6 Å². The van der Waals surface area contributed by atoms with E-state index in [4.69, 9.17) is 4.74 Å². The van der Waals surface area contributed by atoms with E-state index in [1.165, 1.54) is 13.3 Å². The highest BCUT2D eigenvalue weighted by Crippen LogP contribution is 2.64. The summed E-state index contributed by atoms with van der Waals surface area (Å²) in [7, 11) is 0. The summed E-state index contributed by atoms with van der Waals surface area (Å²) in [4.78, 5) is 23.9. The molecule has 0 saturated heterocycles. The summed E-state index contributed by atoms with van der Waals surface area (Å²) in [6.45, 7) is 3.77. The smallest absolute Gasteiger partial charge is 0.302 e. The lowest BCUT2D eigenvalue weighted by Crippen LogP contribution is -2.52. The lowest BCUT2D eigenvalue weighted by Gasteiger charge is -2.57. The molecular formula is C21H29IO3. The van der Waals surface area contributed by atoms with Gasteiger partial charge < -0.3 is 4.74 Å². The van der Waals surface area contributed by atoms with Crippen molar-refractivity contribution < 1.29 is 14.3 Å². The van der Waals surface area contributed by atoms with Crippen LogP contribution in [0.3, 0.4) is 0 Å². The van der Waals surface area contributed by atoms with Gasteiger partial charge >= 0.3 is 5.97 Å². The first kappa shape index (κ1) is 18.0. The van der Waals surface area contributed by atoms with Crippen molar-refractivity contribution in [3.05, 3.63) is 11.6 Å². The number of carbonyl (C=O) groups excluding carboxylic acids is 2. The quantitative estimate of drug-likeness (QED) is 0.258. The molecule has 4 heteroatoms. The fraction of sp³-hybridized carbons (Fsp3) is 0.810. The summed E-state index contributed by atoms with van der Waals surface area (Å²) >= 11 is 2.59. The normalized spacial score (nSPS) is 45.9. The molecule has 3 saturated carbocycles. The second-order valence-electron chi connectivity index (χ2n) is 9.02. The molecule has 0 heterocycles. The van der Waals surface area contributed by atoms with E-state index in [2.05, 4.69) is 35.6 Å². The fourth-order valence-corrected chi connectivity index (χ4v) is 8.22. The lowest BCUT2D eigenvalue weighted by molar-refractivity contribution is -0.148. The maximum atomic E-state index is 12.5. The van der Waals surface area contributed by atoms with Crippen molar-refractivity contribution in [2.45, 2.75) is 71.3 Å². The average Bonchev–Trinajstić information content (AvgIpc) is 2.89. The molecule has 3 fully saturated rings. The van der Waals surface area contributed by atoms with Gasteiger partial charge in [0, 0.05) is 35.0 Å². The summed E-state index contributed by atoms with van der Waals surface area (Å²) in [6, 6.07) is 0. The number of ether oxygens (including phenoxy) is 1. The first-order valence-electron chi connectivity index (χ1n) is 9.87.